The van der Waals surface area contributed by atoms with Gasteiger partial charge in [0.05, 0.1) is 0 Å². The van der Waals surface area contributed by atoms with Crippen molar-refractivity contribution in [3.05, 3.63) is 49.0 Å². The number of benzene rings is 1. The van der Waals surface area contributed by atoms with Crippen LogP contribution in [0.3, 0.4) is 0 Å². The Morgan fingerprint density at radius 1 is 1.15 bits per heavy atom. The van der Waals surface area contributed by atoms with Gasteiger partial charge >= 0.3 is 0 Å². The van der Waals surface area contributed by atoms with E-state index in [4.69, 9.17) is 9.15 Å². The zero-order valence-electron chi connectivity index (χ0n) is 10.8. The minimum Gasteiger partial charge on any atom is -0.457 e. The first-order valence-electron chi connectivity index (χ1n) is 6.03. The quantitative estimate of drug-likeness (QED) is 0.784. The zero-order chi connectivity index (χ0) is 13.8. The van der Waals surface area contributed by atoms with Gasteiger partial charge in [-0.2, -0.15) is 0 Å². The Morgan fingerprint density at radius 3 is 2.85 bits per heavy atom. The molecule has 0 atom stereocenters. The Bertz CT molecular complexity index is 698. The highest BCUT2D eigenvalue weighted by atomic mass is 16.5. The van der Waals surface area contributed by atoms with Gasteiger partial charge in [-0.05, 0) is 18.2 Å². The van der Waals surface area contributed by atoms with Crippen LogP contribution in [0.15, 0.2) is 53.4 Å². The van der Waals surface area contributed by atoms with Gasteiger partial charge in [0.2, 0.25) is 6.39 Å². The number of aromatic nitrogens is 3. The van der Waals surface area contributed by atoms with E-state index in [9.17, 15) is 0 Å². The average molecular weight is 268 g/mol. The molecule has 0 unspecified atom stereocenters. The van der Waals surface area contributed by atoms with E-state index in [0.29, 0.717) is 17.3 Å². The number of pyridine rings is 1. The smallest absolute Gasteiger partial charge is 0.266 e. The Labute approximate surface area is 115 Å². The molecule has 6 heteroatoms. The molecule has 0 saturated heterocycles. The number of hydrogen-bond donors (Lipinski definition) is 1. The van der Waals surface area contributed by atoms with Crippen LogP contribution in [0.1, 0.15) is 0 Å². The minimum absolute atomic E-state index is 0.361. The molecule has 1 aromatic carbocycles. The SMILES string of the molecule is CNc1cccc(Oc2ccnc(-c3nnco3)c2)c1. The van der Waals surface area contributed by atoms with Crippen LogP contribution in [0, 0.1) is 0 Å². The molecular weight excluding hydrogens is 256 g/mol. The van der Waals surface area contributed by atoms with Gasteiger partial charge in [-0.3, -0.25) is 4.98 Å². The maximum atomic E-state index is 5.79. The number of nitrogens with one attached hydrogen (secondary N) is 1. The van der Waals surface area contributed by atoms with Gasteiger partial charge in [-0.1, -0.05) is 6.07 Å². The normalized spacial score (nSPS) is 10.2. The third-order valence-electron chi connectivity index (χ3n) is 2.67. The summed E-state index contributed by atoms with van der Waals surface area (Å²) < 4.78 is 10.9. The highest BCUT2D eigenvalue weighted by Gasteiger charge is 2.07. The molecule has 0 fully saturated rings. The lowest BCUT2D eigenvalue weighted by Crippen LogP contribution is -1.90. The molecule has 0 amide bonds. The summed E-state index contributed by atoms with van der Waals surface area (Å²) in [7, 11) is 1.86. The summed E-state index contributed by atoms with van der Waals surface area (Å²) in [5, 5.41) is 10.5. The number of rotatable bonds is 4. The third-order valence-corrected chi connectivity index (χ3v) is 2.67. The van der Waals surface area contributed by atoms with E-state index in [0.717, 1.165) is 11.4 Å². The van der Waals surface area contributed by atoms with Crippen molar-refractivity contribution < 1.29 is 9.15 Å². The first kappa shape index (κ1) is 12.2. The summed E-state index contributed by atoms with van der Waals surface area (Å²) in [4.78, 5) is 4.17. The molecule has 2 heterocycles. The molecule has 0 aliphatic heterocycles. The highest BCUT2D eigenvalue weighted by Crippen LogP contribution is 2.26. The van der Waals surface area contributed by atoms with Crippen molar-refractivity contribution >= 4 is 5.69 Å². The Balaban J connectivity index is 1.85. The second kappa shape index (κ2) is 5.40. The minimum atomic E-state index is 0.361. The Hall–Kier alpha value is -2.89. The lowest BCUT2D eigenvalue weighted by molar-refractivity contribution is 0.481. The van der Waals surface area contributed by atoms with Gasteiger partial charge in [0.15, 0.2) is 0 Å². The van der Waals surface area contributed by atoms with Crippen molar-refractivity contribution in [3.63, 3.8) is 0 Å². The van der Waals surface area contributed by atoms with Crippen LogP contribution in [0.2, 0.25) is 0 Å². The summed E-state index contributed by atoms with van der Waals surface area (Å²) in [6.07, 6.45) is 2.90. The molecule has 3 aromatic rings. The van der Waals surface area contributed by atoms with E-state index in [-0.39, 0.29) is 0 Å². The fourth-order valence-corrected chi connectivity index (χ4v) is 1.73. The second-order valence-corrected chi connectivity index (χ2v) is 4.00. The van der Waals surface area contributed by atoms with Crippen LogP contribution in [-0.2, 0) is 0 Å². The fraction of sp³-hybridized carbons (Fsp3) is 0.0714. The predicted molar refractivity (Wildman–Crippen MR) is 73.6 cm³/mol. The average Bonchev–Trinajstić information content (AvgIpc) is 3.02. The van der Waals surface area contributed by atoms with E-state index < -0.39 is 0 Å². The monoisotopic (exact) mass is 268 g/mol. The number of ether oxygens (including phenoxy) is 1. The fourth-order valence-electron chi connectivity index (χ4n) is 1.73. The molecule has 0 bridgehead atoms. The van der Waals surface area contributed by atoms with Crippen LogP contribution in [-0.4, -0.2) is 22.2 Å². The van der Waals surface area contributed by atoms with E-state index in [1.807, 2.05) is 31.3 Å². The van der Waals surface area contributed by atoms with E-state index in [1.165, 1.54) is 6.39 Å². The largest absolute Gasteiger partial charge is 0.457 e. The maximum Gasteiger partial charge on any atom is 0.266 e. The van der Waals surface area contributed by atoms with Gasteiger partial charge in [-0.25, -0.2) is 0 Å². The van der Waals surface area contributed by atoms with Crippen LogP contribution in [0.5, 0.6) is 11.5 Å². The summed E-state index contributed by atoms with van der Waals surface area (Å²) >= 11 is 0. The molecule has 0 aliphatic rings. The molecule has 3 rings (SSSR count). The van der Waals surface area contributed by atoms with Gasteiger partial charge in [0.25, 0.3) is 5.89 Å². The van der Waals surface area contributed by atoms with Crippen LogP contribution in [0.4, 0.5) is 5.69 Å². The molecule has 2 aromatic heterocycles. The summed E-state index contributed by atoms with van der Waals surface area (Å²) in [5.74, 6) is 1.75. The first-order chi connectivity index (χ1) is 9.85. The van der Waals surface area contributed by atoms with Crippen LogP contribution < -0.4 is 10.1 Å². The number of hydrogen-bond acceptors (Lipinski definition) is 6. The van der Waals surface area contributed by atoms with Crippen molar-refractivity contribution in [2.24, 2.45) is 0 Å². The summed E-state index contributed by atoms with van der Waals surface area (Å²) in [6, 6.07) is 11.2. The first-order valence-corrected chi connectivity index (χ1v) is 6.03. The lowest BCUT2D eigenvalue weighted by atomic mass is 10.3. The van der Waals surface area contributed by atoms with Crippen LogP contribution in [0.25, 0.3) is 11.6 Å². The van der Waals surface area contributed by atoms with Crippen molar-refractivity contribution in [2.45, 2.75) is 0 Å². The van der Waals surface area contributed by atoms with Gasteiger partial charge in [-0.15, -0.1) is 10.2 Å². The second-order valence-electron chi connectivity index (χ2n) is 4.00. The molecule has 1 N–H and O–H groups in total. The topological polar surface area (TPSA) is 73.1 Å². The standard InChI is InChI=1S/C14H12N4O2/c1-15-10-3-2-4-11(7-10)20-12-5-6-16-13(8-12)14-18-17-9-19-14/h2-9,15H,1H3. The summed E-state index contributed by atoms with van der Waals surface area (Å²) in [5.41, 5.74) is 1.55. The molecule has 0 radical (unpaired) electrons. The maximum absolute atomic E-state index is 5.79. The van der Waals surface area contributed by atoms with Crippen molar-refractivity contribution in [1.82, 2.24) is 15.2 Å². The van der Waals surface area contributed by atoms with Gasteiger partial charge in [0.1, 0.15) is 17.2 Å². The zero-order valence-corrected chi connectivity index (χ0v) is 10.8. The van der Waals surface area contributed by atoms with Crippen molar-refractivity contribution in [1.29, 1.82) is 0 Å². The Morgan fingerprint density at radius 2 is 2.05 bits per heavy atom. The van der Waals surface area contributed by atoms with Gasteiger partial charge < -0.3 is 14.5 Å². The molecule has 0 aliphatic carbocycles. The predicted octanol–water partition coefficient (Wildman–Crippen LogP) is 2.97. The molecule has 100 valence electrons. The van der Waals surface area contributed by atoms with E-state index in [2.05, 4.69) is 20.5 Å². The third kappa shape index (κ3) is 2.59. The van der Waals surface area contributed by atoms with E-state index in [1.54, 1.807) is 18.3 Å². The summed E-state index contributed by atoms with van der Waals surface area (Å²) in [6.45, 7) is 0. The lowest BCUT2D eigenvalue weighted by Gasteiger charge is -2.07. The molecule has 0 spiro atoms. The number of anilines is 1. The van der Waals surface area contributed by atoms with Crippen molar-refractivity contribution in [3.8, 4) is 23.1 Å². The molecule has 20 heavy (non-hydrogen) atoms. The molecule has 0 saturated carbocycles. The van der Waals surface area contributed by atoms with E-state index >= 15 is 0 Å². The number of nitrogens with zero attached hydrogens (tertiary/aromatic N) is 3. The van der Waals surface area contributed by atoms with Crippen molar-refractivity contribution in [2.75, 3.05) is 12.4 Å². The molecular formula is C14H12N4O2. The highest BCUT2D eigenvalue weighted by molar-refractivity contribution is 5.51. The van der Waals surface area contributed by atoms with Gasteiger partial charge in [0, 0.05) is 31.1 Å². The van der Waals surface area contributed by atoms with Crippen LogP contribution >= 0.6 is 0 Å². The molecule has 6 nitrogen and oxygen atoms in total. The Kier molecular flexibility index (Phi) is 3.28.